The van der Waals surface area contributed by atoms with Gasteiger partial charge in [0, 0.05) is 12.8 Å². The molecular formula is C12H21N3OS. The Morgan fingerprint density at radius 1 is 1.35 bits per heavy atom. The van der Waals surface area contributed by atoms with E-state index in [1.807, 2.05) is 0 Å². The van der Waals surface area contributed by atoms with Gasteiger partial charge in [-0.25, -0.2) is 0 Å². The van der Waals surface area contributed by atoms with Gasteiger partial charge >= 0.3 is 0 Å². The van der Waals surface area contributed by atoms with Gasteiger partial charge in [0.15, 0.2) is 0 Å². The van der Waals surface area contributed by atoms with Gasteiger partial charge in [0.1, 0.15) is 5.01 Å². The SMILES string of the molecule is CCCCCC(=O)Nc1nnc(CC(C)C)s1. The molecule has 0 aliphatic rings. The lowest BCUT2D eigenvalue weighted by atomic mass is 10.1. The second kappa shape index (κ2) is 7.37. The van der Waals surface area contributed by atoms with Gasteiger partial charge in [-0.2, -0.15) is 0 Å². The van der Waals surface area contributed by atoms with Crippen molar-refractivity contribution in [1.29, 1.82) is 0 Å². The van der Waals surface area contributed by atoms with Crippen LogP contribution in [0.4, 0.5) is 5.13 Å². The molecule has 0 radical (unpaired) electrons. The largest absolute Gasteiger partial charge is 0.301 e. The molecule has 1 heterocycles. The number of carbonyl (C=O) groups excluding carboxylic acids is 1. The minimum atomic E-state index is 0.0469. The van der Waals surface area contributed by atoms with Crippen LogP contribution in [0, 0.1) is 5.92 Å². The van der Waals surface area contributed by atoms with E-state index in [9.17, 15) is 4.79 Å². The number of amides is 1. The second-order valence-corrected chi connectivity index (χ2v) is 5.67. The first-order chi connectivity index (χ1) is 8.11. The molecule has 0 bridgehead atoms. The Kier molecular flexibility index (Phi) is 6.11. The van der Waals surface area contributed by atoms with Crippen molar-refractivity contribution in [1.82, 2.24) is 10.2 Å². The predicted molar refractivity (Wildman–Crippen MR) is 71.2 cm³/mol. The van der Waals surface area contributed by atoms with E-state index in [2.05, 4.69) is 36.3 Å². The number of hydrogen-bond acceptors (Lipinski definition) is 4. The topological polar surface area (TPSA) is 54.9 Å². The first-order valence-corrected chi connectivity index (χ1v) is 7.05. The quantitative estimate of drug-likeness (QED) is 0.761. The summed E-state index contributed by atoms with van der Waals surface area (Å²) in [6.45, 7) is 6.41. The lowest BCUT2D eigenvalue weighted by Gasteiger charge is -2.00. The summed E-state index contributed by atoms with van der Waals surface area (Å²) in [7, 11) is 0. The molecule has 0 saturated heterocycles. The number of unbranched alkanes of at least 4 members (excludes halogenated alkanes) is 2. The Labute approximate surface area is 107 Å². The molecule has 1 aromatic heterocycles. The third-order valence-electron chi connectivity index (χ3n) is 2.30. The number of carbonyl (C=O) groups is 1. The van der Waals surface area contributed by atoms with Crippen LogP contribution in [-0.2, 0) is 11.2 Å². The fourth-order valence-corrected chi connectivity index (χ4v) is 2.42. The van der Waals surface area contributed by atoms with Crippen LogP contribution in [0.3, 0.4) is 0 Å². The van der Waals surface area contributed by atoms with Crippen molar-refractivity contribution in [2.45, 2.75) is 52.9 Å². The van der Waals surface area contributed by atoms with Crippen LogP contribution in [-0.4, -0.2) is 16.1 Å². The molecule has 0 saturated carbocycles. The summed E-state index contributed by atoms with van der Waals surface area (Å²) in [6, 6.07) is 0. The molecule has 1 aromatic rings. The van der Waals surface area contributed by atoms with Crippen LogP contribution in [0.25, 0.3) is 0 Å². The summed E-state index contributed by atoms with van der Waals surface area (Å²) >= 11 is 1.47. The molecule has 1 rings (SSSR count). The van der Waals surface area contributed by atoms with E-state index in [4.69, 9.17) is 0 Å². The number of aromatic nitrogens is 2. The van der Waals surface area contributed by atoms with E-state index in [1.54, 1.807) is 0 Å². The van der Waals surface area contributed by atoms with Gasteiger partial charge in [0.25, 0.3) is 0 Å². The Morgan fingerprint density at radius 2 is 2.12 bits per heavy atom. The van der Waals surface area contributed by atoms with Crippen molar-refractivity contribution >= 4 is 22.4 Å². The van der Waals surface area contributed by atoms with E-state index in [1.165, 1.54) is 11.3 Å². The van der Waals surface area contributed by atoms with Crippen LogP contribution in [0.1, 0.15) is 51.5 Å². The monoisotopic (exact) mass is 255 g/mol. The predicted octanol–water partition coefficient (Wildman–Crippen LogP) is 3.26. The molecule has 0 atom stereocenters. The van der Waals surface area contributed by atoms with E-state index in [-0.39, 0.29) is 5.91 Å². The van der Waals surface area contributed by atoms with E-state index in [0.29, 0.717) is 17.5 Å². The van der Waals surface area contributed by atoms with E-state index < -0.39 is 0 Å². The third kappa shape index (κ3) is 5.77. The minimum Gasteiger partial charge on any atom is -0.301 e. The van der Waals surface area contributed by atoms with Crippen molar-refractivity contribution in [3.05, 3.63) is 5.01 Å². The highest BCUT2D eigenvalue weighted by atomic mass is 32.1. The normalized spacial score (nSPS) is 10.8. The van der Waals surface area contributed by atoms with Crippen molar-refractivity contribution in [3.63, 3.8) is 0 Å². The molecule has 0 aliphatic heterocycles. The summed E-state index contributed by atoms with van der Waals surface area (Å²) < 4.78 is 0. The molecular weight excluding hydrogens is 234 g/mol. The van der Waals surface area contributed by atoms with Crippen molar-refractivity contribution < 1.29 is 4.79 Å². The fourth-order valence-electron chi connectivity index (χ4n) is 1.45. The van der Waals surface area contributed by atoms with Gasteiger partial charge < -0.3 is 5.32 Å². The Balaban J connectivity index is 2.35. The van der Waals surface area contributed by atoms with Gasteiger partial charge in [0.2, 0.25) is 11.0 Å². The van der Waals surface area contributed by atoms with Gasteiger partial charge in [-0.1, -0.05) is 44.9 Å². The first-order valence-electron chi connectivity index (χ1n) is 6.24. The summed E-state index contributed by atoms with van der Waals surface area (Å²) in [6.07, 6.45) is 4.67. The second-order valence-electron chi connectivity index (χ2n) is 4.60. The summed E-state index contributed by atoms with van der Waals surface area (Å²) in [5, 5.41) is 12.5. The Morgan fingerprint density at radius 3 is 2.76 bits per heavy atom. The van der Waals surface area contributed by atoms with Gasteiger partial charge in [0.05, 0.1) is 0 Å². The summed E-state index contributed by atoms with van der Waals surface area (Å²) in [5.74, 6) is 0.613. The molecule has 4 nitrogen and oxygen atoms in total. The minimum absolute atomic E-state index is 0.0469. The van der Waals surface area contributed by atoms with E-state index >= 15 is 0 Å². The molecule has 1 N–H and O–H groups in total. The van der Waals surface area contributed by atoms with Crippen molar-refractivity contribution in [3.8, 4) is 0 Å². The first kappa shape index (κ1) is 14.1. The molecule has 0 aromatic carbocycles. The van der Waals surface area contributed by atoms with Gasteiger partial charge in [-0.3, -0.25) is 4.79 Å². The maximum Gasteiger partial charge on any atom is 0.226 e. The average molecular weight is 255 g/mol. The van der Waals surface area contributed by atoms with Crippen LogP contribution >= 0.6 is 11.3 Å². The lowest BCUT2D eigenvalue weighted by Crippen LogP contribution is -2.10. The Bertz CT molecular complexity index is 349. The molecule has 5 heteroatoms. The molecule has 96 valence electrons. The zero-order valence-electron chi connectivity index (χ0n) is 10.8. The van der Waals surface area contributed by atoms with Gasteiger partial charge in [-0.05, 0) is 12.3 Å². The van der Waals surface area contributed by atoms with Crippen molar-refractivity contribution in [2.75, 3.05) is 5.32 Å². The average Bonchev–Trinajstić information content (AvgIpc) is 2.64. The number of nitrogens with zero attached hydrogens (tertiary/aromatic N) is 2. The Hall–Kier alpha value is -0.970. The molecule has 1 amide bonds. The zero-order valence-corrected chi connectivity index (χ0v) is 11.6. The highest BCUT2D eigenvalue weighted by Gasteiger charge is 2.08. The van der Waals surface area contributed by atoms with Crippen LogP contribution in [0.5, 0.6) is 0 Å². The highest BCUT2D eigenvalue weighted by molar-refractivity contribution is 7.15. The standard InChI is InChI=1S/C12H21N3OS/c1-4-5-6-7-10(16)13-12-15-14-11(17-12)8-9(2)3/h9H,4-8H2,1-3H3,(H,13,15,16). The fraction of sp³-hybridized carbons (Fsp3) is 0.750. The maximum absolute atomic E-state index is 11.5. The number of rotatable bonds is 7. The molecule has 0 aliphatic carbocycles. The number of nitrogens with one attached hydrogen (secondary N) is 1. The van der Waals surface area contributed by atoms with Crippen LogP contribution in [0.15, 0.2) is 0 Å². The van der Waals surface area contributed by atoms with Crippen LogP contribution in [0.2, 0.25) is 0 Å². The molecule has 0 fully saturated rings. The maximum atomic E-state index is 11.5. The zero-order chi connectivity index (χ0) is 12.7. The summed E-state index contributed by atoms with van der Waals surface area (Å²) in [4.78, 5) is 11.5. The van der Waals surface area contributed by atoms with E-state index in [0.717, 1.165) is 30.7 Å². The highest BCUT2D eigenvalue weighted by Crippen LogP contribution is 2.18. The van der Waals surface area contributed by atoms with Crippen LogP contribution < -0.4 is 5.32 Å². The smallest absolute Gasteiger partial charge is 0.226 e. The molecule has 0 unspecified atom stereocenters. The number of anilines is 1. The van der Waals surface area contributed by atoms with Gasteiger partial charge in [-0.15, -0.1) is 10.2 Å². The number of hydrogen-bond donors (Lipinski definition) is 1. The van der Waals surface area contributed by atoms with Crippen molar-refractivity contribution in [2.24, 2.45) is 5.92 Å². The lowest BCUT2D eigenvalue weighted by molar-refractivity contribution is -0.116. The third-order valence-corrected chi connectivity index (χ3v) is 3.16. The molecule has 0 spiro atoms. The molecule has 17 heavy (non-hydrogen) atoms. The summed E-state index contributed by atoms with van der Waals surface area (Å²) in [5.41, 5.74) is 0.